The second kappa shape index (κ2) is 17.8. The van der Waals surface area contributed by atoms with Crippen molar-refractivity contribution >= 4 is 38.3 Å². The molecule has 3 heterocycles. The highest BCUT2D eigenvalue weighted by atomic mass is 33.1. The van der Waals surface area contributed by atoms with Crippen molar-refractivity contribution in [2.24, 2.45) is 51.1 Å². The minimum atomic E-state index is -0.685. The Labute approximate surface area is 397 Å². The summed E-state index contributed by atoms with van der Waals surface area (Å²) in [6.45, 7) is 10.0. The lowest BCUT2D eigenvalue weighted by Gasteiger charge is -2.58. The van der Waals surface area contributed by atoms with Crippen LogP contribution in [0, 0.1) is 40.4 Å². The highest BCUT2D eigenvalue weighted by Gasteiger charge is 2.67. The number of rotatable bonds is 5. The number of fused-ring (bicyclic) bond motifs is 9. The zero-order chi connectivity index (χ0) is 44.6. The number of epoxide rings is 1. The molecule has 0 amide bonds. The van der Waals surface area contributed by atoms with Gasteiger partial charge in [0, 0.05) is 46.1 Å². The van der Waals surface area contributed by atoms with Gasteiger partial charge in [-0.25, -0.2) is 4.99 Å². The van der Waals surface area contributed by atoms with Crippen LogP contribution in [0.3, 0.4) is 0 Å². The summed E-state index contributed by atoms with van der Waals surface area (Å²) in [6.07, 6.45) is 26.5. The molecule has 7 nitrogen and oxygen atoms in total. The van der Waals surface area contributed by atoms with Crippen molar-refractivity contribution in [1.29, 1.82) is 0 Å². The molecule has 65 heavy (non-hydrogen) atoms. The molecule has 0 radical (unpaired) electrons. The quantitative estimate of drug-likeness (QED) is 0.114. The average molecular weight is 920 g/mol. The van der Waals surface area contributed by atoms with E-state index in [1.54, 1.807) is 0 Å². The van der Waals surface area contributed by atoms with Gasteiger partial charge in [0.1, 0.15) is 0 Å². The Bertz CT molecular complexity index is 2260. The molecule has 2 aromatic carbocycles. The van der Waals surface area contributed by atoms with Gasteiger partial charge in [-0.15, -0.1) is 0 Å². The maximum absolute atomic E-state index is 11.4. The Morgan fingerprint density at radius 1 is 0.877 bits per heavy atom. The minimum absolute atomic E-state index is 0.0187. The van der Waals surface area contributed by atoms with Crippen molar-refractivity contribution in [3.05, 3.63) is 83.3 Å². The third-order valence-corrected chi connectivity index (χ3v) is 22.0. The van der Waals surface area contributed by atoms with Crippen LogP contribution in [0.2, 0.25) is 0 Å². The second-order valence-corrected chi connectivity index (χ2v) is 26.1. The lowest BCUT2D eigenvalue weighted by atomic mass is 9.46. The fourth-order valence-corrected chi connectivity index (χ4v) is 18.5. The molecule has 2 aliphatic heterocycles. The molecule has 1 saturated heterocycles. The minimum Gasteiger partial charge on any atom is -0.471 e. The van der Waals surface area contributed by atoms with E-state index in [0.717, 1.165) is 88.6 Å². The standard InChI is InChI=1S/C56H77N3O4S2/c1-35-27-55(24-19-36(28-55)20-25-56(61)22-7-11-43(60)29-56)51-54(3,63-51)23-21-47-45(35)30-53(47,2)42-17-15-39(26-42)49-34-65-64-33-41-9-5-4-8-37(41)16-18-44-48(58-52(57)59-49)12-6-10-38-13-14-40-31-62-32-46(40)50(38)44/h4-5,8-9,13-14,31-32,36,39,42-45,47-49,51,60-61H,1,6-7,10-12,15-30,33-34H2,2-3H3,(H3,57,58,59)/t36-,39-,42+,43-,44+,45+,47+,48-,49+,51+,53+,54+,55+,56-/m0/s1. The van der Waals surface area contributed by atoms with Crippen molar-refractivity contribution < 1.29 is 19.4 Å². The molecule has 6 aliphatic carbocycles. The molecule has 1 aromatic heterocycles. The van der Waals surface area contributed by atoms with Gasteiger partial charge in [0.05, 0.1) is 42.0 Å². The molecule has 14 atom stereocenters. The zero-order valence-corrected chi connectivity index (χ0v) is 41.0. The summed E-state index contributed by atoms with van der Waals surface area (Å²) < 4.78 is 12.7. The first kappa shape index (κ1) is 45.0. The van der Waals surface area contributed by atoms with Crippen molar-refractivity contribution in [2.45, 2.75) is 196 Å². The first-order chi connectivity index (χ1) is 31.4. The van der Waals surface area contributed by atoms with Gasteiger partial charge in [-0.1, -0.05) is 77.1 Å². The van der Waals surface area contributed by atoms with E-state index < -0.39 is 5.60 Å². The molecule has 11 rings (SSSR count). The lowest BCUT2D eigenvalue weighted by molar-refractivity contribution is -0.0696. The van der Waals surface area contributed by atoms with Gasteiger partial charge in [0.25, 0.3) is 0 Å². The normalized spacial score (nSPS) is 42.3. The molecule has 6 fully saturated rings. The summed E-state index contributed by atoms with van der Waals surface area (Å²) in [7, 11) is 4.03. The summed E-state index contributed by atoms with van der Waals surface area (Å²) in [5.41, 5.74) is 14.3. The summed E-state index contributed by atoms with van der Waals surface area (Å²) in [5.74, 6) is 6.14. The number of allylic oxidation sites excluding steroid dienone is 1. The summed E-state index contributed by atoms with van der Waals surface area (Å²) in [4.78, 5) is 5.48. The molecule has 0 bridgehead atoms. The van der Waals surface area contributed by atoms with E-state index in [0.29, 0.717) is 53.5 Å². The van der Waals surface area contributed by atoms with Crippen molar-refractivity contribution in [2.75, 3.05) is 5.75 Å². The molecular formula is C56H77N3O4S2. The number of hydrogen-bond donors (Lipinski definition) is 4. The van der Waals surface area contributed by atoms with E-state index in [9.17, 15) is 10.2 Å². The number of aliphatic hydroxyl groups excluding tert-OH is 1. The van der Waals surface area contributed by atoms with Gasteiger partial charge < -0.3 is 30.4 Å². The molecule has 5 N–H and O–H groups in total. The summed E-state index contributed by atoms with van der Waals surface area (Å²) >= 11 is 0. The lowest BCUT2D eigenvalue weighted by Crippen LogP contribution is -2.51. The number of nitrogens with zero attached hydrogens (tertiary/aromatic N) is 1. The third-order valence-electron chi connectivity index (χ3n) is 19.6. The number of nitrogens with two attached hydrogens (primary N) is 1. The number of aryl methyl sites for hydroxylation is 2. The predicted octanol–water partition coefficient (Wildman–Crippen LogP) is 12.2. The fourth-order valence-electron chi connectivity index (χ4n) is 16.0. The van der Waals surface area contributed by atoms with Crippen molar-refractivity contribution in [3.63, 3.8) is 0 Å². The average Bonchev–Trinajstić information content (AvgIpc) is 3.67. The van der Waals surface area contributed by atoms with Crippen LogP contribution in [-0.2, 0) is 23.3 Å². The molecular weight excluding hydrogens is 843 g/mol. The Hall–Kier alpha value is -2.43. The van der Waals surface area contributed by atoms with Gasteiger partial charge in [0.2, 0.25) is 0 Å². The maximum atomic E-state index is 11.4. The number of furan rings is 1. The molecule has 8 aliphatic rings. The smallest absolute Gasteiger partial charge is 0.189 e. The van der Waals surface area contributed by atoms with E-state index in [4.69, 9.17) is 26.5 Å². The van der Waals surface area contributed by atoms with Crippen LogP contribution in [0.15, 0.2) is 70.5 Å². The van der Waals surface area contributed by atoms with Crippen molar-refractivity contribution in [1.82, 2.24) is 5.32 Å². The highest BCUT2D eigenvalue weighted by Crippen LogP contribution is 2.69. The number of guanidine groups is 1. The Balaban J connectivity index is 0.790. The molecule has 5 saturated carbocycles. The SMILES string of the molecule is C=C1C[C@@]2(CC[C@@H](CC[C@@]3(O)CCC[C@H](O)C3)C2)[C@@H]2O[C@]2(C)CC[C@@H]2[C@@H]1C[C@]2(C)[C@@H]1CC[C@H]([C@H]2CSSCc3ccccc3CC[C@H]3c4c(ccc5cocc45)CCC[C@@H]3N=C(N)N2)C1. The second-order valence-electron chi connectivity index (χ2n) is 23.6. The van der Waals surface area contributed by atoms with E-state index in [-0.39, 0.29) is 35.1 Å². The number of aliphatic hydroxyl groups is 2. The molecule has 3 aromatic rings. The van der Waals surface area contributed by atoms with E-state index in [1.165, 1.54) is 90.0 Å². The van der Waals surface area contributed by atoms with Crippen LogP contribution in [0.1, 0.15) is 164 Å². The van der Waals surface area contributed by atoms with E-state index >= 15 is 0 Å². The first-order valence-electron chi connectivity index (χ1n) is 26.1. The fraction of sp³-hybridized carbons (Fsp3) is 0.696. The van der Waals surface area contributed by atoms with Gasteiger partial charge >= 0.3 is 0 Å². The zero-order valence-electron chi connectivity index (χ0n) is 39.4. The molecule has 0 unspecified atom stereocenters. The third kappa shape index (κ3) is 8.69. The maximum Gasteiger partial charge on any atom is 0.189 e. The van der Waals surface area contributed by atoms with E-state index in [2.05, 4.69) is 55.6 Å². The van der Waals surface area contributed by atoms with Crippen molar-refractivity contribution in [3.8, 4) is 0 Å². The van der Waals surface area contributed by atoms with Gasteiger partial charge in [-0.3, -0.25) is 0 Å². The van der Waals surface area contributed by atoms with Crippen LogP contribution in [0.5, 0.6) is 0 Å². The number of hydrogen-bond acceptors (Lipinski definition) is 9. The molecule has 9 heteroatoms. The summed E-state index contributed by atoms with van der Waals surface area (Å²) in [6, 6.07) is 14.1. The first-order valence-corrected chi connectivity index (χ1v) is 28.5. The van der Waals surface area contributed by atoms with Crippen LogP contribution in [0.25, 0.3) is 10.8 Å². The van der Waals surface area contributed by atoms with Gasteiger partial charge in [-0.2, -0.15) is 0 Å². The Kier molecular flexibility index (Phi) is 12.4. The summed E-state index contributed by atoms with van der Waals surface area (Å²) in [5, 5.41) is 28.1. The Morgan fingerprint density at radius 3 is 2.63 bits per heavy atom. The van der Waals surface area contributed by atoms with Crippen LogP contribution >= 0.6 is 21.6 Å². The van der Waals surface area contributed by atoms with Crippen LogP contribution in [-0.4, -0.2) is 57.4 Å². The topological polar surface area (TPSA) is 117 Å². The number of ether oxygens (including phenoxy) is 1. The van der Waals surface area contributed by atoms with Gasteiger partial charge in [0.15, 0.2) is 5.96 Å². The van der Waals surface area contributed by atoms with Crippen LogP contribution in [0.4, 0.5) is 0 Å². The number of benzene rings is 2. The largest absolute Gasteiger partial charge is 0.471 e. The van der Waals surface area contributed by atoms with Gasteiger partial charge in [-0.05, 0) is 193 Å². The highest BCUT2D eigenvalue weighted by molar-refractivity contribution is 8.76. The predicted molar refractivity (Wildman–Crippen MR) is 268 cm³/mol. The number of aliphatic imine (C=N–C) groups is 1. The number of nitrogens with one attached hydrogen (secondary N) is 1. The van der Waals surface area contributed by atoms with E-state index in [1.807, 2.05) is 34.1 Å². The molecule has 352 valence electrons. The monoisotopic (exact) mass is 920 g/mol. The Morgan fingerprint density at radius 2 is 1.75 bits per heavy atom. The van der Waals surface area contributed by atoms with Crippen LogP contribution < -0.4 is 11.1 Å². The molecule has 1 spiro atoms.